The summed E-state index contributed by atoms with van der Waals surface area (Å²) in [6.45, 7) is 12.2. The Labute approximate surface area is 236 Å². The van der Waals surface area contributed by atoms with Gasteiger partial charge in [0.1, 0.15) is 6.04 Å². The van der Waals surface area contributed by atoms with Gasteiger partial charge in [0.05, 0.1) is 47.2 Å². The van der Waals surface area contributed by atoms with Crippen LogP contribution in [0.25, 0.3) is 11.3 Å². The monoisotopic (exact) mass is 539 g/mol. The van der Waals surface area contributed by atoms with Crippen molar-refractivity contribution in [3.8, 4) is 17.3 Å². The number of hydrogen-bond acceptors (Lipinski definition) is 6. The highest BCUT2D eigenvalue weighted by Gasteiger charge is 2.49. The number of benzene rings is 2. The van der Waals surface area contributed by atoms with Gasteiger partial charge in [0.2, 0.25) is 0 Å². The fourth-order valence-electron chi connectivity index (χ4n) is 5.93. The Morgan fingerprint density at radius 1 is 1.12 bits per heavy atom. The molecule has 0 spiro atoms. The van der Waals surface area contributed by atoms with Gasteiger partial charge in [-0.15, -0.1) is 0 Å². The molecule has 2 heterocycles. The number of anilines is 1. The molecule has 1 unspecified atom stereocenters. The molecule has 1 fully saturated rings. The predicted octanol–water partition coefficient (Wildman–Crippen LogP) is 4.37. The molecule has 1 aliphatic rings. The van der Waals surface area contributed by atoms with Gasteiger partial charge in [-0.05, 0) is 70.5 Å². The molecule has 40 heavy (non-hydrogen) atoms. The Bertz CT molecular complexity index is 1450. The van der Waals surface area contributed by atoms with Gasteiger partial charge >= 0.3 is 0 Å². The van der Waals surface area contributed by atoms with Gasteiger partial charge in [-0.1, -0.05) is 30.3 Å². The number of piperazine rings is 1. The molecule has 0 bridgehead atoms. The van der Waals surface area contributed by atoms with Gasteiger partial charge in [-0.3, -0.25) is 19.2 Å². The standard InChI is InChI=1S/C32H37N5O3/c1-22-20-36(17-18-37(22,31(39)40)32(3,4)5)21-24-11-13-26(14-12-24)35(6)30(38)27-15-16-29(34-23(27)2)28-10-8-7-9-25(28)19-33/h7-16,22H,17-18,20-21H2,1-6H3/t22-,37?/m0/s1. The third kappa shape index (κ3) is 5.35. The number of nitriles is 1. The van der Waals surface area contributed by atoms with Crippen LogP contribution in [-0.4, -0.2) is 64.6 Å². The van der Waals surface area contributed by atoms with E-state index in [-0.39, 0.29) is 16.4 Å². The van der Waals surface area contributed by atoms with Crippen molar-refractivity contribution in [2.24, 2.45) is 0 Å². The molecular formula is C32H37N5O3. The van der Waals surface area contributed by atoms with Crippen molar-refractivity contribution in [2.75, 3.05) is 31.6 Å². The molecule has 0 saturated carbocycles. The number of hydrogen-bond donors (Lipinski definition) is 0. The number of pyridine rings is 1. The summed E-state index contributed by atoms with van der Waals surface area (Å²) in [7, 11) is 1.74. The maximum Gasteiger partial charge on any atom is 0.259 e. The Balaban J connectivity index is 1.44. The van der Waals surface area contributed by atoms with Gasteiger partial charge in [0, 0.05) is 31.4 Å². The van der Waals surface area contributed by atoms with Crippen molar-refractivity contribution < 1.29 is 19.2 Å². The molecule has 8 nitrogen and oxygen atoms in total. The minimum Gasteiger partial charge on any atom is -0.498 e. The smallest absolute Gasteiger partial charge is 0.259 e. The lowest BCUT2D eigenvalue weighted by atomic mass is 9.95. The van der Waals surface area contributed by atoms with Crippen molar-refractivity contribution in [1.82, 2.24) is 9.88 Å². The molecule has 8 heteroatoms. The lowest BCUT2D eigenvalue weighted by molar-refractivity contribution is -0.943. The molecule has 1 saturated heterocycles. The highest BCUT2D eigenvalue weighted by Crippen LogP contribution is 2.32. The first kappa shape index (κ1) is 28.9. The number of nitrogens with zero attached hydrogens (tertiary/aromatic N) is 5. The summed E-state index contributed by atoms with van der Waals surface area (Å²) >= 11 is 0. The SMILES string of the molecule is Cc1nc(-c2ccccc2C#N)ccc1C(=O)N(C)c1ccc(CN2CC[N+](C(=O)[O-])(C(C)(C)C)[C@@H](C)C2)cc1. The maximum atomic E-state index is 13.3. The van der Waals surface area contributed by atoms with E-state index >= 15 is 0 Å². The zero-order valence-corrected chi connectivity index (χ0v) is 24.1. The number of carbonyl (C=O) groups is 2. The van der Waals surface area contributed by atoms with E-state index in [1.807, 2.05) is 70.2 Å². The molecule has 1 aromatic heterocycles. The van der Waals surface area contributed by atoms with E-state index in [0.717, 1.165) is 16.8 Å². The van der Waals surface area contributed by atoms with Crippen molar-refractivity contribution in [3.63, 3.8) is 0 Å². The summed E-state index contributed by atoms with van der Waals surface area (Å²) in [6, 6.07) is 20.8. The van der Waals surface area contributed by atoms with Gasteiger partial charge in [-0.2, -0.15) is 5.26 Å². The second-order valence-corrected chi connectivity index (χ2v) is 11.6. The topological polar surface area (TPSA) is 100 Å². The van der Waals surface area contributed by atoms with Crippen LogP contribution < -0.4 is 10.0 Å². The molecule has 1 aliphatic heterocycles. The molecule has 208 valence electrons. The molecular weight excluding hydrogens is 502 g/mol. The van der Waals surface area contributed by atoms with Crippen LogP contribution in [0.5, 0.6) is 0 Å². The van der Waals surface area contributed by atoms with Gasteiger partial charge < -0.3 is 14.8 Å². The van der Waals surface area contributed by atoms with Crippen LogP contribution in [-0.2, 0) is 6.54 Å². The van der Waals surface area contributed by atoms with Crippen LogP contribution in [0.4, 0.5) is 10.5 Å². The zero-order chi connectivity index (χ0) is 29.2. The molecule has 2 aromatic carbocycles. The molecule has 4 rings (SSSR count). The van der Waals surface area contributed by atoms with Gasteiger partial charge in [0.25, 0.3) is 12.0 Å². The number of amides is 2. The van der Waals surface area contributed by atoms with Crippen LogP contribution in [0.2, 0.25) is 0 Å². The van der Waals surface area contributed by atoms with Crippen molar-refractivity contribution in [2.45, 2.75) is 52.7 Å². The Morgan fingerprint density at radius 2 is 1.80 bits per heavy atom. The fourth-order valence-corrected chi connectivity index (χ4v) is 5.93. The lowest BCUT2D eigenvalue weighted by Gasteiger charge is -2.55. The first-order valence-electron chi connectivity index (χ1n) is 13.5. The van der Waals surface area contributed by atoms with Crippen molar-refractivity contribution in [3.05, 3.63) is 83.0 Å². The van der Waals surface area contributed by atoms with Crippen molar-refractivity contribution >= 4 is 17.7 Å². The predicted molar refractivity (Wildman–Crippen MR) is 153 cm³/mol. The van der Waals surface area contributed by atoms with E-state index in [1.165, 1.54) is 0 Å². The second-order valence-electron chi connectivity index (χ2n) is 11.6. The van der Waals surface area contributed by atoms with E-state index in [2.05, 4.69) is 16.0 Å². The third-order valence-electron chi connectivity index (χ3n) is 8.24. The number of quaternary nitrogens is 1. The largest absolute Gasteiger partial charge is 0.498 e. The van der Waals surface area contributed by atoms with E-state index in [0.29, 0.717) is 48.7 Å². The van der Waals surface area contributed by atoms with Crippen LogP contribution in [0.3, 0.4) is 0 Å². The minimum absolute atomic E-state index is 0.0462. The van der Waals surface area contributed by atoms with Gasteiger partial charge in [-0.25, -0.2) is 0 Å². The Hall–Kier alpha value is -4.06. The number of aryl methyl sites for hydroxylation is 1. The molecule has 2 amide bonds. The molecule has 0 N–H and O–H groups in total. The average Bonchev–Trinajstić information content (AvgIpc) is 2.92. The third-order valence-corrected chi connectivity index (χ3v) is 8.24. The van der Waals surface area contributed by atoms with Crippen LogP contribution >= 0.6 is 0 Å². The molecule has 3 aromatic rings. The van der Waals surface area contributed by atoms with Crippen LogP contribution in [0.1, 0.15) is 54.9 Å². The van der Waals surface area contributed by atoms with E-state index < -0.39 is 11.6 Å². The van der Waals surface area contributed by atoms with Crippen molar-refractivity contribution in [1.29, 1.82) is 5.26 Å². The number of carboxylic acid groups (broad SMARTS) is 1. The molecule has 0 radical (unpaired) electrons. The van der Waals surface area contributed by atoms with Crippen LogP contribution in [0, 0.1) is 18.3 Å². The summed E-state index contributed by atoms with van der Waals surface area (Å²) in [5.41, 5.74) is 4.44. The van der Waals surface area contributed by atoms with E-state index in [1.54, 1.807) is 37.1 Å². The summed E-state index contributed by atoms with van der Waals surface area (Å²) in [4.78, 5) is 34.0. The zero-order valence-electron chi connectivity index (χ0n) is 24.1. The minimum atomic E-state index is -1.01. The number of aromatic nitrogens is 1. The first-order chi connectivity index (χ1) is 18.9. The quantitative estimate of drug-likeness (QED) is 0.447. The number of carbonyl (C=O) groups excluding carboxylic acids is 2. The maximum absolute atomic E-state index is 13.3. The first-order valence-corrected chi connectivity index (χ1v) is 13.5. The highest BCUT2D eigenvalue weighted by atomic mass is 16.4. The normalized spacial score (nSPS) is 19.6. The summed E-state index contributed by atoms with van der Waals surface area (Å²) in [5.74, 6) is -0.165. The Kier molecular flexibility index (Phi) is 8.10. The van der Waals surface area contributed by atoms with Gasteiger partial charge in [0.15, 0.2) is 0 Å². The molecule has 0 aliphatic carbocycles. The lowest BCUT2D eigenvalue weighted by Crippen LogP contribution is -2.76. The summed E-state index contributed by atoms with van der Waals surface area (Å²) in [6.07, 6.45) is -1.01. The second kappa shape index (κ2) is 11.2. The van der Waals surface area contributed by atoms with E-state index in [9.17, 15) is 20.0 Å². The van der Waals surface area contributed by atoms with Crippen LogP contribution in [0.15, 0.2) is 60.7 Å². The molecule has 2 atom stereocenters. The summed E-state index contributed by atoms with van der Waals surface area (Å²) < 4.78 is -0.0462. The summed E-state index contributed by atoms with van der Waals surface area (Å²) in [5, 5.41) is 21.6. The average molecular weight is 540 g/mol. The fraction of sp³-hybridized carbons (Fsp3) is 0.375. The van der Waals surface area contributed by atoms with E-state index in [4.69, 9.17) is 0 Å². The Morgan fingerprint density at radius 3 is 2.38 bits per heavy atom. The number of rotatable bonds is 5. The highest BCUT2D eigenvalue weighted by molar-refractivity contribution is 6.06.